The zero-order valence-electron chi connectivity index (χ0n) is 10.9. The van der Waals surface area contributed by atoms with Crippen LogP contribution in [0.3, 0.4) is 0 Å². The predicted molar refractivity (Wildman–Crippen MR) is 74.1 cm³/mol. The van der Waals surface area contributed by atoms with Crippen LogP contribution in [0, 0.1) is 10.1 Å². The zero-order chi connectivity index (χ0) is 14.5. The lowest BCUT2D eigenvalue weighted by atomic mass is 10.0. The highest BCUT2D eigenvalue weighted by Gasteiger charge is 2.10. The fourth-order valence-corrected chi connectivity index (χ4v) is 1.80. The summed E-state index contributed by atoms with van der Waals surface area (Å²) in [4.78, 5) is 22.1. The molecule has 2 aromatic carbocycles. The lowest BCUT2D eigenvalue weighted by Crippen LogP contribution is -2.03. The number of benzene rings is 2. The molecule has 102 valence electrons. The van der Waals surface area contributed by atoms with Crippen molar-refractivity contribution in [1.82, 2.24) is 0 Å². The van der Waals surface area contributed by atoms with Gasteiger partial charge in [0.05, 0.1) is 12.0 Å². The van der Waals surface area contributed by atoms with Crippen molar-refractivity contribution in [3.8, 4) is 5.75 Å². The molecule has 20 heavy (non-hydrogen) atoms. The van der Waals surface area contributed by atoms with E-state index in [0.29, 0.717) is 5.56 Å². The Labute approximate surface area is 116 Å². The topological polar surface area (TPSA) is 69.4 Å². The summed E-state index contributed by atoms with van der Waals surface area (Å²) >= 11 is 0. The first kappa shape index (κ1) is 13.7. The highest BCUT2D eigenvalue weighted by molar-refractivity contribution is 5.97. The van der Waals surface area contributed by atoms with Gasteiger partial charge in [-0.05, 0) is 29.8 Å². The van der Waals surface area contributed by atoms with E-state index in [4.69, 9.17) is 4.74 Å². The van der Waals surface area contributed by atoms with Crippen molar-refractivity contribution < 1.29 is 14.5 Å². The summed E-state index contributed by atoms with van der Waals surface area (Å²) in [6.07, 6.45) is 0.252. The predicted octanol–water partition coefficient (Wildman–Crippen LogP) is 3.03. The summed E-state index contributed by atoms with van der Waals surface area (Å²) in [5.41, 5.74) is 1.31. The van der Waals surface area contributed by atoms with Crippen LogP contribution in [0.25, 0.3) is 0 Å². The number of carbonyl (C=O) groups excluding carboxylic acids is 1. The van der Waals surface area contributed by atoms with Gasteiger partial charge in [0.15, 0.2) is 5.78 Å². The van der Waals surface area contributed by atoms with Gasteiger partial charge in [-0.2, -0.15) is 0 Å². The van der Waals surface area contributed by atoms with E-state index in [1.165, 1.54) is 24.3 Å². The third-order valence-electron chi connectivity index (χ3n) is 2.92. The number of non-ortho nitro benzene ring substituents is 1. The number of nitrogens with zero attached hydrogens (tertiary/aromatic N) is 1. The number of rotatable bonds is 5. The summed E-state index contributed by atoms with van der Waals surface area (Å²) in [6.45, 7) is 0. The van der Waals surface area contributed by atoms with Crippen LogP contribution in [0.5, 0.6) is 5.75 Å². The van der Waals surface area contributed by atoms with Gasteiger partial charge in [-0.1, -0.05) is 12.1 Å². The molecule has 0 unspecified atom stereocenters. The highest BCUT2D eigenvalue weighted by atomic mass is 16.6. The SMILES string of the molecule is COc1ccc(CC(=O)c2ccc([N+](=O)[O-])cc2)cc1. The number of carbonyl (C=O) groups is 1. The smallest absolute Gasteiger partial charge is 0.269 e. The summed E-state index contributed by atoms with van der Waals surface area (Å²) in [7, 11) is 1.58. The molecule has 2 aromatic rings. The van der Waals surface area contributed by atoms with E-state index in [1.54, 1.807) is 19.2 Å². The number of ketones is 1. The molecule has 5 heteroatoms. The Balaban J connectivity index is 2.08. The van der Waals surface area contributed by atoms with Crippen molar-refractivity contribution in [2.45, 2.75) is 6.42 Å². The van der Waals surface area contributed by atoms with E-state index in [1.807, 2.05) is 12.1 Å². The van der Waals surface area contributed by atoms with Crippen LogP contribution in [0.4, 0.5) is 5.69 Å². The molecule has 0 N–H and O–H groups in total. The Bertz CT molecular complexity index is 617. The first-order chi connectivity index (χ1) is 9.60. The third kappa shape index (κ3) is 3.20. The minimum atomic E-state index is -0.488. The van der Waals surface area contributed by atoms with Crippen LogP contribution in [-0.2, 0) is 6.42 Å². The number of nitro benzene ring substituents is 1. The minimum Gasteiger partial charge on any atom is -0.497 e. The number of nitro groups is 1. The second kappa shape index (κ2) is 5.97. The molecule has 0 bridgehead atoms. The summed E-state index contributed by atoms with van der Waals surface area (Å²) in [5, 5.41) is 10.5. The summed E-state index contributed by atoms with van der Waals surface area (Å²) in [6, 6.07) is 12.8. The average molecular weight is 271 g/mol. The van der Waals surface area contributed by atoms with Gasteiger partial charge < -0.3 is 4.74 Å². The van der Waals surface area contributed by atoms with Gasteiger partial charge in [0.1, 0.15) is 5.75 Å². The monoisotopic (exact) mass is 271 g/mol. The van der Waals surface area contributed by atoms with Gasteiger partial charge in [0.2, 0.25) is 0 Å². The fourth-order valence-electron chi connectivity index (χ4n) is 1.80. The average Bonchev–Trinajstić information content (AvgIpc) is 2.48. The van der Waals surface area contributed by atoms with Crippen LogP contribution in [0.2, 0.25) is 0 Å². The van der Waals surface area contributed by atoms with Crippen molar-refractivity contribution in [1.29, 1.82) is 0 Å². The maximum atomic E-state index is 12.0. The lowest BCUT2D eigenvalue weighted by molar-refractivity contribution is -0.384. The Morgan fingerprint density at radius 1 is 1.10 bits per heavy atom. The number of hydrogen-bond acceptors (Lipinski definition) is 4. The van der Waals surface area contributed by atoms with Crippen molar-refractivity contribution in [3.63, 3.8) is 0 Å². The van der Waals surface area contributed by atoms with E-state index < -0.39 is 4.92 Å². The second-order valence-corrected chi connectivity index (χ2v) is 4.25. The van der Waals surface area contributed by atoms with Gasteiger partial charge in [0.25, 0.3) is 5.69 Å². The molecule has 5 nitrogen and oxygen atoms in total. The first-order valence-electron chi connectivity index (χ1n) is 6.01. The van der Waals surface area contributed by atoms with Crippen LogP contribution in [0.1, 0.15) is 15.9 Å². The van der Waals surface area contributed by atoms with Crippen LogP contribution >= 0.6 is 0 Å². The molecule has 0 atom stereocenters. The van der Waals surface area contributed by atoms with Gasteiger partial charge >= 0.3 is 0 Å². The van der Waals surface area contributed by atoms with Crippen LogP contribution < -0.4 is 4.74 Å². The highest BCUT2D eigenvalue weighted by Crippen LogP contribution is 2.16. The molecule has 0 radical (unpaired) electrons. The van der Waals surface area contributed by atoms with Crippen LogP contribution in [0.15, 0.2) is 48.5 Å². The Hall–Kier alpha value is -2.69. The molecule has 0 saturated heterocycles. The fraction of sp³-hybridized carbons (Fsp3) is 0.133. The Morgan fingerprint density at radius 3 is 2.20 bits per heavy atom. The Morgan fingerprint density at radius 2 is 1.70 bits per heavy atom. The first-order valence-corrected chi connectivity index (χ1v) is 6.01. The molecule has 0 amide bonds. The number of ether oxygens (including phenoxy) is 1. The molecule has 0 aliphatic heterocycles. The summed E-state index contributed by atoms with van der Waals surface area (Å²) in [5.74, 6) is 0.654. The van der Waals surface area contributed by atoms with Gasteiger partial charge in [-0.3, -0.25) is 14.9 Å². The number of methoxy groups -OCH3 is 1. The van der Waals surface area contributed by atoms with Crippen molar-refractivity contribution in [2.75, 3.05) is 7.11 Å². The Kier molecular flexibility index (Phi) is 4.10. The quantitative estimate of drug-likeness (QED) is 0.476. The summed E-state index contributed by atoms with van der Waals surface area (Å²) < 4.78 is 5.05. The molecular weight excluding hydrogens is 258 g/mol. The van der Waals surface area contributed by atoms with E-state index in [0.717, 1.165) is 11.3 Å². The van der Waals surface area contributed by atoms with Crippen molar-refractivity contribution in [2.24, 2.45) is 0 Å². The second-order valence-electron chi connectivity index (χ2n) is 4.25. The third-order valence-corrected chi connectivity index (χ3v) is 2.92. The van der Waals surface area contributed by atoms with Crippen LogP contribution in [-0.4, -0.2) is 17.8 Å². The number of Topliss-reactive ketones (excluding diaryl/α,β-unsaturated/α-hetero) is 1. The van der Waals surface area contributed by atoms with Crippen molar-refractivity contribution in [3.05, 3.63) is 69.8 Å². The molecule has 0 aliphatic carbocycles. The lowest BCUT2D eigenvalue weighted by Gasteiger charge is -2.03. The van der Waals surface area contributed by atoms with E-state index >= 15 is 0 Å². The van der Waals surface area contributed by atoms with Gasteiger partial charge in [-0.15, -0.1) is 0 Å². The molecule has 2 rings (SSSR count). The minimum absolute atomic E-state index is 0.0222. The molecule has 0 aliphatic rings. The normalized spacial score (nSPS) is 10.1. The largest absolute Gasteiger partial charge is 0.497 e. The molecule has 0 fully saturated rings. The molecular formula is C15H13NO4. The molecule has 0 spiro atoms. The van der Waals surface area contributed by atoms with Gasteiger partial charge in [0, 0.05) is 24.1 Å². The standard InChI is InChI=1S/C15H13NO4/c1-20-14-8-2-11(3-9-14)10-15(17)12-4-6-13(7-5-12)16(18)19/h2-9H,10H2,1H3. The van der Waals surface area contributed by atoms with E-state index in [-0.39, 0.29) is 17.9 Å². The zero-order valence-corrected chi connectivity index (χ0v) is 10.9. The molecule has 0 saturated carbocycles. The van der Waals surface area contributed by atoms with Gasteiger partial charge in [-0.25, -0.2) is 0 Å². The van der Waals surface area contributed by atoms with E-state index in [2.05, 4.69) is 0 Å². The van der Waals surface area contributed by atoms with E-state index in [9.17, 15) is 14.9 Å². The van der Waals surface area contributed by atoms with Crippen molar-refractivity contribution >= 4 is 11.5 Å². The maximum Gasteiger partial charge on any atom is 0.269 e. The molecule has 0 heterocycles. The number of hydrogen-bond donors (Lipinski definition) is 0. The maximum absolute atomic E-state index is 12.0. The molecule has 0 aromatic heterocycles.